The molecule has 1 aromatic carbocycles. The van der Waals surface area contributed by atoms with E-state index in [-0.39, 0.29) is 11.9 Å². The maximum Gasteiger partial charge on any atom is 0.241 e. The lowest BCUT2D eigenvalue weighted by molar-refractivity contribution is -0.120. The number of hydrogen-bond donors (Lipinski definition) is 1. The number of carbonyl (C=O) groups excluding carboxylic acids is 1. The molecule has 21 heavy (non-hydrogen) atoms. The van der Waals surface area contributed by atoms with Crippen molar-refractivity contribution >= 4 is 11.6 Å². The number of nitrogens with zero attached hydrogens (tertiary/aromatic N) is 1. The Balaban J connectivity index is 2.11. The van der Waals surface area contributed by atoms with Crippen LogP contribution in [0.3, 0.4) is 0 Å². The zero-order chi connectivity index (χ0) is 15.6. The molecule has 1 heterocycles. The predicted octanol–water partition coefficient (Wildman–Crippen LogP) is 3.67. The van der Waals surface area contributed by atoms with Crippen LogP contribution in [0.1, 0.15) is 43.4 Å². The van der Waals surface area contributed by atoms with Gasteiger partial charge in [-0.1, -0.05) is 31.5 Å². The van der Waals surface area contributed by atoms with Gasteiger partial charge in [0, 0.05) is 12.2 Å². The molecule has 116 valence electrons. The number of benzene rings is 1. The van der Waals surface area contributed by atoms with E-state index in [1.807, 2.05) is 0 Å². The van der Waals surface area contributed by atoms with Gasteiger partial charge in [-0.15, -0.1) is 0 Å². The number of aryl methyl sites for hydroxylation is 3. The number of nitrogens with one attached hydrogen (secondary N) is 1. The molecule has 0 radical (unpaired) electrons. The molecular weight excluding hydrogens is 260 g/mol. The van der Waals surface area contributed by atoms with Crippen LogP contribution in [0.2, 0.25) is 0 Å². The molecule has 1 amide bonds. The van der Waals surface area contributed by atoms with Gasteiger partial charge < -0.3 is 5.32 Å². The fraction of sp³-hybridized carbons (Fsp3) is 0.611. The smallest absolute Gasteiger partial charge is 0.241 e. The lowest BCUT2D eigenvalue weighted by Gasteiger charge is -2.26. The summed E-state index contributed by atoms with van der Waals surface area (Å²) in [5.74, 6) is 0.754. The normalized spacial score (nSPS) is 19.2. The molecule has 1 N–H and O–H groups in total. The number of anilines is 1. The molecule has 2 rings (SSSR count). The van der Waals surface area contributed by atoms with E-state index in [0.717, 1.165) is 42.7 Å². The molecule has 1 aliphatic heterocycles. The topological polar surface area (TPSA) is 32.3 Å². The first-order valence-corrected chi connectivity index (χ1v) is 8.01. The number of carbonyl (C=O) groups is 1. The Morgan fingerprint density at radius 2 is 1.90 bits per heavy atom. The van der Waals surface area contributed by atoms with Crippen LogP contribution in [0, 0.1) is 26.7 Å². The number of rotatable bonds is 4. The van der Waals surface area contributed by atoms with E-state index in [4.69, 9.17) is 0 Å². The maximum atomic E-state index is 12.6. The second-order valence-electron chi connectivity index (χ2n) is 6.81. The summed E-state index contributed by atoms with van der Waals surface area (Å²) < 4.78 is 0. The summed E-state index contributed by atoms with van der Waals surface area (Å²) in [6.07, 6.45) is 2.10. The van der Waals surface area contributed by atoms with E-state index in [2.05, 4.69) is 57.0 Å². The van der Waals surface area contributed by atoms with Crippen LogP contribution in [0.15, 0.2) is 12.1 Å². The Bertz CT molecular complexity index is 499. The quantitative estimate of drug-likeness (QED) is 0.917. The summed E-state index contributed by atoms with van der Waals surface area (Å²) in [5.41, 5.74) is 4.52. The van der Waals surface area contributed by atoms with Crippen molar-refractivity contribution in [1.82, 2.24) is 4.90 Å². The van der Waals surface area contributed by atoms with E-state index in [0.29, 0.717) is 5.92 Å². The molecule has 3 nitrogen and oxygen atoms in total. The highest BCUT2D eigenvalue weighted by molar-refractivity contribution is 5.96. The van der Waals surface area contributed by atoms with Gasteiger partial charge in [-0.05, 0) is 57.2 Å². The largest absolute Gasteiger partial charge is 0.324 e. The molecule has 0 bridgehead atoms. The Morgan fingerprint density at radius 1 is 1.29 bits per heavy atom. The minimum Gasteiger partial charge on any atom is -0.324 e. The molecule has 1 fully saturated rings. The highest BCUT2D eigenvalue weighted by Gasteiger charge is 2.31. The monoisotopic (exact) mass is 288 g/mol. The van der Waals surface area contributed by atoms with Crippen LogP contribution in [0.25, 0.3) is 0 Å². The SMILES string of the molecule is Cc1cc(C)c(NC(=O)[C@H]2CCCN2CC(C)C)c(C)c1. The minimum atomic E-state index is 0.0347. The van der Waals surface area contributed by atoms with Gasteiger partial charge in [0.1, 0.15) is 0 Å². The second-order valence-corrected chi connectivity index (χ2v) is 6.81. The first kappa shape index (κ1) is 16.0. The van der Waals surface area contributed by atoms with Gasteiger partial charge in [-0.25, -0.2) is 0 Å². The Kier molecular flexibility index (Phi) is 5.04. The average Bonchev–Trinajstić information content (AvgIpc) is 2.80. The molecular formula is C18H28N2O. The van der Waals surface area contributed by atoms with E-state index in [1.165, 1.54) is 5.56 Å². The van der Waals surface area contributed by atoms with Crippen molar-refractivity contribution in [2.24, 2.45) is 5.92 Å². The molecule has 1 saturated heterocycles. The Hall–Kier alpha value is -1.35. The Labute approximate surface area is 128 Å². The molecule has 0 aliphatic carbocycles. The van der Waals surface area contributed by atoms with Crippen LogP contribution in [-0.4, -0.2) is 29.9 Å². The number of amides is 1. The predicted molar refractivity (Wildman–Crippen MR) is 88.7 cm³/mol. The lowest BCUT2D eigenvalue weighted by atomic mass is 10.0. The summed E-state index contributed by atoms with van der Waals surface area (Å²) >= 11 is 0. The summed E-state index contributed by atoms with van der Waals surface area (Å²) in [7, 11) is 0. The highest BCUT2D eigenvalue weighted by atomic mass is 16.2. The fourth-order valence-electron chi connectivity index (χ4n) is 3.39. The van der Waals surface area contributed by atoms with Crippen LogP contribution < -0.4 is 5.32 Å². The average molecular weight is 288 g/mol. The fourth-order valence-corrected chi connectivity index (χ4v) is 3.39. The van der Waals surface area contributed by atoms with E-state index >= 15 is 0 Å². The van der Waals surface area contributed by atoms with Crippen LogP contribution in [0.5, 0.6) is 0 Å². The van der Waals surface area contributed by atoms with Crippen LogP contribution in [0.4, 0.5) is 5.69 Å². The zero-order valence-corrected chi connectivity index (χ0v) is 14.0. The maximum absolute atomic E-state index is 12.6. The zero-order valence-electron chi connectivity index (χ0n) is 14.0. The van der Waals surface area contributed by atoms with Gasteiger partial charge >= 0.3 is 0 Å². The van der Waals surface area contributed by atoms with Crippen molar-refractivity contribution in [3.8, 4) is 0 Å². The minimum absolute atomic E-state index is 0.0347. The van der Waals surface area contributed by atoms with Crippen LogP contribution in [-0.2, 0) is 4.79 Å². The first-order chi connectivity index (χ1) is 9.88. The Morgan fingerprint density at radius 3 is 2.48 bits per heavy atom. The van der Waals surface area contributed by atoms with Crippen molar-refractivity contribution in [2.45, 2.75) is 53.5 Å². The van der Waals surface area contributed by atoms with E-state index < -0.39 is 0 Å². The molecule has 1 aliphatic rings. The first-order valence-electron chi connectivity index (χ1n) is 8.01. The van der Waals surface area contributed by atoms with Gasteiger partial charge in [0.15, 0.2) is 0 Å². The summed E-state index contributed by atoms with van der Waals surface area (Å²) in [6.45, 7) is 12.7. The second kappa shape index (κ2) is 6.61. The lowest BCUT2D eigenvalue weighted by Crippen LogP contribution is -2.41. The van der Waals surface area contributed by atoms with Gasteiger partial charge in [-0.2, -0.15) is 0 Å². The van der Waals surface area contributed by atoms with Crippen molar-refractivity contribution in [1.29, 1.82) is 0 Å². The van der Waals surface area contributed by atoms with Crippen LogP contribution >= 0.6 is 0 Å². The molecule has 1 atom stereocenters. The molecule has 0 spiro atoms. The standard InChI is InChI=1S/C18H28N2O/c1-12(2)11-20-8-6-7-16(20)18(21)19-17-14(4)9-13(3)10-15(17)5/h9-10,12,16H,6-8,11H2,1-5H3,(H,19,21)/t16-/m1/s1. The third-order valence-electron chi connectivity index (χ3n) is 4.19. The number of hydrogen-bond acceptors (Lipinski definition) is 2. The van der Waals surface area contributed by atoms with Gasteiger partial charge in [0.2, 0.25) is 5.91 Å². The van der Waals surface area contributed by atoms with Crippen molar-refractivity contribution in [3.63, 3.8) is 0 Å². The number of likely N-dealkylation sites (tertiary alicyclic amines) is 1. The van der Waals surface area contributed by atoms with Crippen molar-refractivity contribution in [3.05, 3.63) is 28.8 Å². The van der Waals surface area contributed by atoms with Gasteiger partial charge in [0.05, 0.1) is 6.04 Å². The summed E-state index contributed by atoms with van der Waals surface area (Å²) in [6, 6.07) is 4.29. The van der Waals surface area contributed by atoms with Crippen molar-refractivity contribution < 1.29 is 4.79 Å². The van der Waals surface area contributed by atoms with Crippen molar-refractivity contribution in [2.75, 3.05) is 18.4 Å². The highest BCUT2D eigenvalue weighted by Crippen LogP contribution is 2.25. The molecule has 0 unspecified atom stereocenters. The summed E-state index contributed by atoms with van der Waals surface area (Å²) in [4.78, 5) is 15.0. The van der Waals surface area contributed by atoms with Gasteiger partial charge in [0.25, 0.3) is 0 Å². The third-order valence-corrected chi connectivity index (χ3v) is 4.19. The van der Waals surface area contributed by atoms with Gasteiger partial charge in [-0.3, -0.25) is 9.69 Å². The molecule has 3 heteroatoms. The molecule has 0 aromatic heterocycles. The molecule has 1 aromatic rings. The van der Waals surface area contributed by atoms with E-state index in [1.54, 1.807) is 0 Å². The third kappa shape index (κ3) is 3.85. The van der Waals surface area contributed by atoms with E-state index in [9.17, 15) is 4.79 Å². The summed E-state index contributed by atoms with van der Waals surface area (Å²) in [5, 5.41) is 3.17. The molecule has 0 saturated carbocycles.